The summed E-state index contributed by atoms with van der Waals surface area (Å²) in [5.41, 5.74) is 18.1. The van der Waals surface area contributed by atoms with Gasteiger partial charge in [0.05, 0.1) is 64.4 Å². The molecule has 2 aliphatic heterocycles. The van der Waals surface area contributed by atoms with Crippen LogP contribution in [0.15, 0.2) is 53.1 Å². The average Bonchev–Trinajstić information content (AvgIpc) is 3.73. The lowest BCUT2D eigenvalue weighted by atomic mass is 10.1. The van der Waals surface area contributed by atoms with Crippen LogP contribution in [0, 0.1) is 11.3 Å². The summed E-state index contributed by atoms with van der Waals surface area (Å²) in [6.07, 6.45) is 1.43. The lowest BCUT2D eigenvalue weighted by Crippen LogP contribution is -2.30. The third-order valence-corrected chi connectivity index (χ3v) is 8.19. The van der Waals surface area contributed by atoms with E-state index in [1.165, 1.54) is 12.3 Å². The first-order valence-electron chi connectivity index (χ1n) is 14.5. The van der Waals surface area contributed by atoms with Crippen molar-refractivity contribution in [3.63, 3.8) is 0 Å². The fourth-order valence-corrected chi connectivity index (χ4v) is 5.79. The molecule has 0 bridgehead atoms. The Bertz CT molecular complexity index is 1930. The van der Waals surface area contributed by atoms with Gasteiger partial charge in [-0.05, 0) is 40.2 Å². The average molecular weight is 770 g/mol. The van der Waals surface area contributed by atoms with Gasteiger partial charge in [-0.15, -0.1) is 0 Å². The van der Waals surface area contributed by atoms with E-state index in [9.17, 15) is 4.79 Å². The first-order chi connectivity index (χ1) is 23.0. The SMILES string of the molecule is C.C=C(Cl)C(=C)c1nc(N)nc2c1CNC2.CC.COc1cc(-c2nc(N)nc3c2CN(C(=O)Nc2ccc(C#N)nc2)C3)c(Cl)cc1Br. The summed E-state index contributed by atoms with van der Waals surface area (Å²) < 4.78 is 6.08. The quantitative estimate of drug-likeness (QED) is 0.152. The molecule has 16 heteroatoms. The minimum atomic E-state index is -0.339. The number of methoxy groups -OCH3 is 1. The summed E-state index contributed by atoms with van der Waals surface area (Å²) in [6.45, 7) is 13.4. The molecule has 49 heavy (non-hydrogen) atoms. The number of nitrogens with two attached hydrogens (primary N) is 2. The van der Waals surface area contributed by atoms with Crippen LogP contribution in [-0.4, -0.2) is 43.0 Å². The zero-order valence-corrected chi connectivity index (χ0v) is 29.5. The second kappa shape index (κ2) is 17.0. The Kier molecular flexibility index (Phi) is 13.4. The molecular weight excluding hydrogens is 733 g/mol. The maximum Gasteiger partial charge on any atom is 0.322 e. The monoisotopic (exact) mass is 767 g/mol. The fraction of sp³-hybridized carbons (Fsp3) is 0.242. The van der Waals surface area contributed by atoms with Gasteiger partial charge < -0.3 is 31.7 Å². The normalized spacial score (nSPS) is 12.1. The maximum atomic E-state index is 12.8. The van der Waals surface area contributed by atoms with E-state index in [0.29, 0.717) is 67.3 Å². The highest BCUT2D eigenvalue weighted by atomic mass is 79.9. The molecule has 3 aromatic heterocycles. The molecule has 0 radical (unpaired) electrons. The van der Waals surface area contributed by atoms with Gasteiger partial charge in [-0.2, -0.15) is 5.26 Å². The molecule has 6 rings (SSSR count). The number of ether oxygens (including phenoxy) is 1. The number of nitrogens with one attached hydrogen (secondary N) is 2. The van der Waals surface area contributed by atoms with Gasteiger partial charge in [-0.1, -0.05) is 57.6 Å². The molecule has 0 aliphatic carbocycles. The van der Waals surface area contributed by atoms with E-state index in [1.54, 1.807) is 30.2 Å². The predicted octanol–water partition coefficient (Wildman–Crippen LogP) is 7.05. The van der Waals surface area contributed by atoms with E-state index in [4.69, 9.17) is 44.7 Å². The highest BCUT2D eigenvalue weighted by molar-refractivity contribution is 9.10. The number of hydrogen-bond donors (Lipinski definition) is 4. The third-order valence-electron chi connectivity index (χ3n) is 7.03. The number of hydrogen-bond acceptors (Lipinski definition) is 11. The van der Waals surface area contributed by atoms with E-state index in [0.717, 1.165) is 16.8 Å². The Hall–Kier alpha value is -4.81. The molecule has 0 saturated heterocycles. The van der Waals surface area contributed by atoms with Crippen molar-refractivity contribution in [3.05, 3.63) is 92.1 Å². The number of anilines is 3. The number of carbonyl (C=O) groups excluding carboxylic acids is 1. The molecule has 1 aromatic carbocycles. The van der Waals surface area contributed by atoms with Gasteiger partial charge in [-0.25, -0.2) is 29.7 Å². The standard InChI is InChI=1S/C20H15BrClN7O2.C10H11ClN4.C2H6.CH4/c1-31-17-4-12(15(22)5-14(17)21)18-13-8-29(9-16(13)27-19(24)28-18)20(30)26-11-3-2-10(6-23)25-7-11;1-5(6(2)11)9-7-3-13-4-8(7)14-10(12)15-9;1-2;/h2-5,7H,8-9H2,1H3,(H,26,30)(H2,24,27,28);13H,1-4H2,(H2,12,14,15);1-2H3;1H4. The fourth-order valence-electron chi connectivity index (χ4n) is 4.81. The number of pyridine rings is 1. The first-order valence-corrected chi connectivity index (χ1v) is 16.0. The van der Waals surface area contributed by atoms with Crippen molar-refractivity contribution in [2.45, 2.75) is 47.5 Å². The van der Waals surface area contributed by atoms with Crippen molar-refractivity contribution < 1.29 is 9.53 Å². The van der Waals surface area contributed by atoms with Crippen LogP contribution in [0.4, 0.5) is 22.4 Å². The number of amides is 2. The van der Waals surface area contributed by atoms with Gasteiger partial charge in [0.1, 0.15) is 17.5 Å². The molecule has 13 nitrogen and oxygen atoms in total. The lowest BCUT2D eigenvalue weighted by Gasteiger charge is -2.16. The highest BCUT2D eigenvalue weighted by Gasteiger charge is 2.30. The molecule has 4 aromatic rings. The van der Waals surface area contributed by atoms with Crippen LogP contribution in [-0.2, 0) is 26.2 Å². The van der Waals surface area contributed by atoms with Crippen LogP contribution in [0.2, 0.25) is 5.02 Å². The number of carbonyl (C=O) groups is 1. The van der Waals surface area contributed by atoms with Gasteiger partial charge in [0.2, 0.25) is 11.9 Å². The van der Waals surface area contributed by atoms with Crippen LogP contribution in [0.1, 0.15) is 55.2 Å². The number of allylic oxidation sites excluding steroid dienone is 2. The number of nitriles is 1. The molecule has 0 atom stereocenters. The van der Waals surface area contributed by atoms with Crippen LogP contribution >= 0.6 is 39.1 Å². The minimum absolute atomic E-state index is 0. The highest BCUT2D eigenvalue weighted by Crippen LogP contribution is 2.40. The van der Waals surface area contributed by atoms with E-state index in [2.05, 4.69) is 64.6 Å². The molecule has 6 N–H and O–H groups in total. The van der Waals surface area contributed by atoms with Gasteiger partial charge in [0.15, 0.2) is 0 Å². The number of aromatic nitrogens is 5. The van der Waals surface area contributed by atoms with Crippen molar-refractivity contribution in [3.8, 4) is 23.1 Å². The second-order valence-electron chi connectivity index (χ2n) is 10.00. The van der Waals surface area contributed by atoms with Crippen molar-refractivity contribution in [2.75, 3.05) is 23.9 Å². The Morgan fingerprint density at radius 2 is 1.78 bits per heavy atom. The number of nitrogens with zero attached hydrogens (tertiary/aromatic N) is 7. The summed E-state index contributed by atoms with van der Waals surface area (Å²) in [7, 11) is 1.56. The summed E-state index contributed by atoms with van der Waals surface area (Å²) in [5, 5.41) is 15.6. The van der Waals surface area contributed by atoms with Crippen molar-refractivity contribution in [1.82, 2.24) is 35.1 Å². The summed E-state index contributed by atoms with van der Waals surface area (Å²) in [4.78, 5) is 35.3. The Morgan fingerprint density at radius 3 is 2.41 bits per heavy atom. The number of rotatable bonds is 5. The lowest BCUT2D eigenvalue weighted by molar-refractivity contribution is 0.212. The summed E-state index contributed by atoms with van der Waals surface area (Å²) >= 11 is 15.7. The van der Waals surface area contributed by atoms with E-state index < -0.39 is 0 Å². The number of fused-ring (bicyclic) bond motifs is 2. The van der Waals surface area contributed by atoms with Gasteiger partial charge >= 0.3 is 6.03 Å². The number of urea groups is 1. The Balaban J connectivity index is 0.000000304. The number of halogens is 3. The van der Waals surface area contributed by atoms with Crippen molar-refractivity contribution >= 4 is 68.3 Å². The number of nitrogen functional groups attached to an aromatic ring is 2. The zero-order chi connectivity index (χ0) is 35.1. The molecule has 5 heterocycles. The molecule has 0 fully saturated rings. The smallest absolute Gasteiger partial charge is 0.322 e. The van der Waals surface area contributed by atoms with E-state index >= 15 is 0 Å². The topological polar surface area (TPSA) is 194 Å². The van der Waals surface area contributed by atoms with Crippen LogP contribution < -0.4 is 26.8 Å². The molecule has 2 aliphatic rings. The van der Waals surface area contributed by atoms with E-state index in [-0.39, 0.29) is 44.1 Å². The van der Waals surface area contributed by atoms with Gasteiger partial charge in [0.25, 0.3) is 0 Å². The zero-order valence-electron chi connectivity index (χ0n) is 26.4. The molecule has 0 saturated carbocycles. The van der Waals surface area contributed by atoms with Gasteiger partial charge in [0, 0.05) is 40.4 Å². The number of benzene rings is 1. The second-order valence-corrected chi connectivity index (χ2v) is 11.7. The van der Waals surface area contributed by atoms with Crippen LogP contribution in [0.25, 0.3) is 16.8 Å². The molecule has 0 unspecified atom stereocenters. The minimum Gasteiger partial charge on any atom is -0.496 e. The van der Waals surface area contributed by atoms with Crippen molar-refractivity contribution in [2.24, 2.45) is 0 Å². The largest absolute Gasteiger partial charge is 0.496 e. The van der Waals surface area contributed by atoms with Crippen molar-refractivity contribution in [1.29, 1.82) is 5.26 Å². The molecular formula is C33H36BrCl2N11O2. The Morgan fingerprint density at radius 1 is 1.08 bits per heavy atom. The first kappa shape index (κ1) is 38.6. The van der Waals surface area contributed by atoms with Crippen LogP contribution in [0.5, 0.6) is 5.75 Å². The molecule has 2 amide bonds. The molecule has 256 valence electrons. The van der Waals surface area contributed by atoms with Gasteiger partial charge in [-0.3, -0.25) is 0 Å². The predicted molar refractivity (Wildman–Crippen MR) is 197 cm³/mol. The summed E-state index contributed by atoms with van der Waals surface area (Å²) in [6, 6.07) is 8.22. The maximum absolute atomic E-state index is 12.8. The van der Waals surface area contributed by atoms with Crippen LogP contribution in [0.3, 0.4) is 0 Å². The Labute approximate surface area is 303 Å². The third kappa shape index (κ3) is 8.81. The van der Waals surface area contributed by atoms with E-state index in [1.807, 2.05) is 19.9 Å². The molecule has 0 spiro atoms. The summed E-state index contributed by atoms with van der Waals surface area (Å²) in [5.74, 6) is 0.919.